The van der Waals surface area contributed by atoms with Crippen LogP contribution in [0.1, 0.15) is 30.8 Å². The Morgan fingerprint density at radius 2 is 2.17 bits per heavy atom. The van der Waals surface area contributed by atoms with Gasteiger partial charge in [-0.1, -0.05) is 25.1 Å². The number of halogens is 1. The van der Waals surface area contributed by atoms with Crippen LogP contribution >= 0.6 is 0 Å². The lowest BCUT2D eigenvalue weighted by molar-refractivity contribution is 0.520. The molecular formula is C14H18FN3. The van der Waals surface area contributed by atoms with E-state index in [9.17, 15) is 4.39 Å². The van der Waals surface area contributed by atoms with Crippen molar-refractivity contribution in [2.75, 3.05) is 6.54 Å². The molecule has 0 fully saturated rings. The molecule has 0 saturated carbocycles. The number of aryl methyl sites for hydroxylation is 1. The van der Waals surface area contributed by atoms with Crippen LogP contribution < -0.4 is 5.32 Å². The summed E-state index contributed by atoms with van der Waals surface area (Å²) in [5.74, 6) is 0.627. The average Bonchev–Trinajstić information content (AvgIpc) is 2.78. The number of hydrogen-bond donors (Lipinski definition) is 1. The second kappa shape index (κ2) is 5.78. The number of rotatable bonds is 5. The highest BCUT2D eigenvalue weighted by Gasteiger charge is 2.20. The van der Waals surface area contributed by atoms with Crippen molar-refractivity contribution in [3.8, 4) is 0 Å². The summed E-state index contributed by atoms with van der Waals surface area (Å²) in [5, 5.41) is 3.35. The van der Waals surface area contributed by atoms with Crippen LogP contribution in [0.2, 0.25) is 0 Å². The van der Waals surface area contributed by atoms with Crippen molar-refractivity contribution in [1.82, 2.24) is 14.9 Å². The van der Waals surface area contributed by atoms with Gasteiger partial charge in [-0.15, -0.1) is 0 Å². The quantitative estimate of drug-likeness (QED) is 0.880. The molecule has 0 aliphatic rings. The topological polar surface area (TPSA) is 29.9 Å². The van der Waals surface area contributed by atoms with Crippen LogP contribution in [0.15, 0.2) is 36.7 Å². The van der Waals surface area contributed by atoms with Crippen molar-refractivity contribution < 1.29 is 4.39 Å². The first-order valence-corrected chi connectivity index (χ1v) is 6.19. The molecule has 1 N–H and O–H groups in total. The lowest BCUT2D eigenvalue weighted by Gasteiger charge is -2.19. The van der Waals surface area contributed by atoms with Gasteiger partial charge in [0.05, 0.1) is 6.04 Å². The van der Waals surface area contributed by atoms with E-state index in [0.717, 1.165) is 18.8 Å². The molecule has 0 saturated heterocycles. The first-order valence-electron chi connectivity index (χ1n) is 6.19. The van der Waals surface area contributed by atoms with E-state index < -0.39 is 0 Å². The molecule has 18 heavy (non-hydrogen) atoms. The minimum Gasteiger partial charge on any atom is -0.336 e. The molecule has 0 aliphatic heterocycles. The zero-order valence-corrected chi connectivity index (χ0v) is 10.7. The number of imidazole rings is 1. The van der Waals surface area contributed by atoms with Crippen molar-refractivity contribution in [2.45, 2.75) is 19.4 Å². The van der Waals surface area contributed by atoms with E-state index in [1.54, 1.807) is 18.3 Å². The van der Waals surface area contributed by atoms with Gasteiger partial charge in [0.25, 0.3) is 0 Å². The highest BCUT2D eigenvalue weighted by atomic mass is 19.1. The first-order chi connectivity index (χ1) is 8.74. The summed E-state index contributed by atoms with van der Waals surface area (Å²) >= 11 is 0. The smallest absolute Gasteiger partial charge is 0.130 e. The second-order valence-corrected chi connectivity index (χ2v) is 4.30. The zero-order chi connectivity index (χ0) is 13.0. The van der Waals surface area contributed by atoms with Crippen LogP contribution in [0, 0.1) is 5.82 Å². The molecule has 3 nitrogen and oxygen atoms in total. The first kappa shape index (κ1) is 12.8. The SMILES string of the molecule is CCCNC(c1ccccc1F)c1nccn1C. The highest BCUT2D eigenvalue weighted by Crippen LogP contribution is 2.22. The molecule has 1 unspecified atom stereocenters. The Morgan fingerprint density at radius 1 is 1.39 bits per heavy atom. The molecule has 0 aliphatic carbocycles. The van der Waals surface area contributed by atoms with E-state index in [2.05, 4.69) is 17.2 Å². The summed E-state index contributed by atoms with van der Waals surface area (Å²) in [7, 11) is 1.92. The van der Waals surface area contributed by atoms with Crippen molar-refractivity contribution in [3.63, 3.8) is 0 Å². The van der Waals surface area contributed by atoms with Gasteiger partial charge in [0, 0.05) is 25.0 Å². The summed E-state index contributed by atoms with van der Waals surface area (Å²) in [5.41, 5.74) is 0.639. The number of benzene rings is 1. The highest BCUT2D eigenvalue weighted by molar-refractivity contribution is 5.26. The third kappa shape index (κ3) is 2.59. The molecule has 2 rings (SSSR count). The molecule has 1 atom stereocenters. The van der Waals surface area contributed by atoms with E-state index >= 15 is 0 Å². The van der Waals surface area contributed by atoms with Crippen molar-refractivity contribution in [2.24, 2.45) is 7.05 Å². The van der Waals surface area contributed by atoms with E-state index in [0.29, 0.717) is 5.56 Å². The zero-order valence-electron chi connectivity index (χ0n) is 10.7. The van der Waals surface area contributed by atoms with Gasteiger partial charge in [-0.2, -0.15) is 0 Å². The largest absolute Gasteiger partial charge is 0.336 e. The summed E-state index contributed by atoms with van der Waals surface area (Å²) in [6.07, 6.45) is 4.60. The van der Waals surface area contributed by atoms with E-state index in [4.69, 9.17) is 0 Å². The molecule has 1 heterocycles. The molecule has 96 valence electrons. The maximum Gasteiger partial charge on any atom is 0.130 e. The van der Waals surface area contributed by atoms with E-state index in [-0.39, 0.29) is 11.9 Å². The van der Waals surface area contributed by atoms with Gasteiger partial charge in [0.2, 0.25) is 0 Å². The fourth-order valence-electron chi connectivity index (χ4n) is 1.99. The lowest BCUT2D eigenvalue weighted by Crippen LogP contribution is -2.26. The van der Waals surface area contributed by atoms with E-state index in [1.807, 2.05) is 23.9 Å². The molecule has 0 spiro atoms. The third-order valence-corrected chi connectivity index (χ3v) is 2.93. The van der Waals surface area contributed by atoms with Crippen molar-refractivity contribution in [3.05, 3.63) is 53.9 Å². The van der Waals surface area contributed by atoms with Gasteiger partial charge in [0.15, 0.2) is 0 Å². The van der Waals surface area contributed by atoms with Crippen LogP contribution in [0.4, 0.5) is 4.39 Å². The Bertz CT molecular complexity index is 507. The van der Waals surface area contributed by atoms with Crippen LogP contribution in [-0.2, 0) is 7.05 Å². The van der Waals surface area contributed by atoms with Gasteiger partial charge in [-0.3, -0.25) is 0 Å². The monoisotopic (exact) mass is 247 g/mol. The van der Waals surface area contributed by atoms with Crippen LogP contribution in [0.25, 0.3) is 0 Å². The Morgan fingerprint density at radius 3 is 2.78 bits per heavy atom. The molecule has 1 aromatic heterocycles. The Labute approximate surface area is 107 Å². The van der Waals surface area contributed by atoms with Gasteiger partial charge in [0.1, 0.15) is 11.6 Å². The van der Waals surface area contributed by atoms with Gasteiger partial charge in [-0.25, -0.2) is 9.37 Å². The molecule has 1 aromatic carbocycles. The predicted molar refractivity (Wildman–Crippen MR) is 69.7 cm³/mol. The Kier molecular flexibility index (Phi) is 4.10. The number of aromatic nitrogens is 2. The van der Waals surface area contributed by atoms with Gasteiger partial charge >= 0.3 is 0 Å². The van der Waals surface area contributed by atoms with Gasteiger partial charge in [-0.05, 0) is 19.0 Å². The molecule has 0 radical (unpaired) electrons. The lowest BCUT2D eigenvalue weighted by atomic mass is 10.1. The van der Waals surface area contributed by atoms with Crippen LogP contribution in [0.3, 0.4) is 0 Å². The van der Waals surface area contributed by atoms with Crippen molar-refractivity contribution >= 4 is 0 Å². The molecule has 0 amide bonds. The maximum absolute atomic E-state index is 13.9. The minimum absolute atomic E-state index is 0.200. The molecule has 4 heteroatoms. The van der Waals surface area contributed by atoms with E-state index in [1.165, 1.54) is 6.07 Å². The maximum atomic E-state index is 13.9. The molecular weight excluding hydrogens is 229 g/mol. The number of nitrogens with zero attached hydrogens (tertiary/aromatic N) is 2. The molecule has 0 bridgehead atoms. The van der Waals surface area contributed by atoms with Crippen molar-refractivity contribution in [1.29, 1.82) is 0 Å². The molecule has 2 aromatic rings. The summed E-state index contributed by atoms with van der Waals surface area (Å²) in [6.45, 7) is 2.91. The standard InChI is InChI=1S/C14H18FN3/c1-3-8-16-13(14-17-9-10-18(14)2)11-6-4-5-7-12(11)15/h4-7,9-10,13,16H,3,8H2,1-2H3. The van der Waals surface area contributed by atoms with Crippen LogP contribution in [0.5, 0.6) is 0 Å². The fourth-order valence-corrected chi connectivity index (χ4v) is 1.99. The summed E-state index contributed by atoms with van der Waals surface area (Å²) in [6, 6.07) is 6.64. The Hall–Kier alpha value is -1.68. The second-order valence-electron chi connectivity index (χ2n) is 4.30. The average molecular weight is 247 g/mol. The fraction of sp³-hybridized carbons (Fsp3) is 0.357. The minimum atomic E-state index is -0.203. The third-order valence-electron chi connectivity index (χ3n) is 2.93. The number of hydrogen-bond acceptors (Lipinski definition) is 2. The van der Waals surface area contributed by atoms with Gasteiger partial charge < -0.3 is 9.88 Å². The summed E-state index contributed by atoms with van der Waals surface area (Å²) < 4.78 is 15.8. The Balaban J connectivity index is 2.37. The number of nitrogens with one attached hydrogen (secondary N) is 1. The van der Waals surface area contributed by atoms with Crippen LogP contribution in [-0.4, -0.2) is 16.1 Å². The summed E-state index contributed by atoms with van der Waals surface area (Å²) in [4.78, 5) is 4.32. The normalized spacial score (nSPS) is 12.6. The predicted octanol–water partition coefficient (Wildman–Crippen LogP) is 2.65.